The molecule has 0 bridgehead atoms. The lowest BCUT2D eigenvalue weighted by atomic mass is 10.5. The maximum absolute atomic E-state index is 11.1. The number of hydrogen-bond donors (Lipinski definition) is 1. The van der Waals surface area contributed by atoms with Gasteiger partial charge in [-0.15, -0.1) is 0 Å². The summed E-state index contributed by atoms with van der Waals surface area (Å²) in [4.78, 5) is 11.1. The van der Waals surface area contributed by atoms with Crippen LogP contribution in [0.4, 0.5) is 0 Å². The fourth-order valence-electron chi connectivity index (χ4n) is 0.917. The van der Waals surface area contributed by atoms with Crippen LogP contribution in [0.15, 0.2) is 23.1 Å². The van der Waals surface area contributed by atoms with Gasteiger partial charge < -0.3 is 5.32 Å². The predicted molar refractivity (Wildman–Crippen MR) is 47.0 cm³/mol. The molecule has 1 aromatic rings. The minimum Gasteiger partial charge on any atom is -0.315 e. The molecule has 0 saturated carbocycles. The molecule has 66 valence electrons. The van der Waals surface area contributed by atoms with Gasteiger partial charge in [0.15, 0.2) is 0 Å². The summed E-state index contributed by atoms with van der Waals surface area (Å²) in [5.41, 5.74) is -0.0459. The quantitative estimate of drug-likeness (QED) is 0.634. The van der Waals surface area contributed by atoms with Crippen LogP contribution < -0.4 is 10.9 Å². The Hall–Kier alpha value is -1.16. The molecule has 0 spiro atoms. The van der Waals surface area contributed by atoms with E-state index in [1.807, 2.05) is 6.92 Å². The minimum atomic E-state index is -0.0459. The fourth-order valence-corrected chi connectivity index (χ4v) is 0.917. The Morgan fingerprint density at radius 1 is 1.67 bits per heavy atom. The van der Waals surface area contributed by atoms with Gasteiger partial charge in [-0.25, -0.2) is 4.68 Å². The molecule has 0 aliphatic carbocycles. The molecule has 0 aliphatic heterocycles. The number of likely N-dealkylation sites (N-methyl/N-ethyl adjacent to an activating group) is 1. The van der Waals surface area contributed by atoms with E-state index in [0.29, 0.717) is 6.54 Å². The van der Waals surface area contributed by atoms with Gasteiger partial charge in [-0.05, 0) is 12.6 Å². The molecule has 0 aromatic carbocycles. The van der Waals surface area contributed by atoms with Crippen molar-refractivity contribution in [2.45, 2.75) is 13.5 Å². The van der Waals surface area contributed by atoms with Gasteiger partial charge in [0, 0.05) is 18.8 Å². The van der Waals surface area contributed by atoms with Crippen molar-refractivity contribution >= 4 is 0 Å². The molecule has 12 heavy (non-hydrogen) atoms. The predicted octanol–water partition coefficient (Wildman–Crippen LogP) is -0.147. The number of hydrogen-bond acceptors (Lipinski definition) is 3. The summed E-state index contributed by atoms with van der Waals surface area (Å²) in [6, 6.07) is 3.16. The van der Waals surface area contributed by atoms with E-state index < -0.39 is 0 Å². The SMILES string of the molecule is CCNCCn1ncccc1=O. The molecule has 1 aromatic heterocycles. The van der Waals surface area contributed by atoms with Gasteiger partial charge in [-0.3, -0.25) is 4.79 Å². The summed E-state index contributed by atoms with van der Waals surface area (Å²) in [6.45, 7) is 4.36. The summed E-state index contributed by atoms with van der Waals surface area (Å²) in [5.74, 6) is 0. The second kappa shape index (κ2) is 4.66. The van der Waals surface area contributed by atoms with E-state index >= 15 is 0 Å². The van der Waals surface area contributed by atoms with Crippen LogP contribution >= 0.6 is 0 Å². The van der Waals surface area contributed by atoms with Crippen LogP contribution in [0, 0.1) is 0 Å². The number of aromatic nitrogens is 2. The molecule has 1 heterocycles. The Balaban J connectivity index is 2.52. The Bertz CT molecular complexity index is 282. The van der Waals surface area contributed by atoms with Crippen molar-refractivity contribution in [1.29, 1.82) is 0 Å². The first-order valence-electron chi connectivity index (χ1n) is 4.07. The normalized spacial score (nSPS) is 10.1. The van der Waals surface area contributed by atoms with Crippen molar-refractivity contribution in [3.63, 3.8) is 0 Å². The Morgan fingerprint density at radius 3 is 3.17 bits per heavy atom. The Labute approximate surface area is 71.2 Å². The second-order valence-corrected chi connectivity index (χ2v) is 2.44. The molecule has 0 fully saturated rings. The molecule has 1 N–H and O–H groups in total. The highest BCUT2D eigenvalue weighted by Gasteiger charge is 1.92. The third-order valence-corrected chi connectivity index (χ3v) is 1.54. The maximum Gasteiger partial charge on any atom is 0.266 e. The van der Waals surface area contributed by atoms with Crippen LogP contribution in [-0.2, 0) is 6.54 Å². The molecule has 0 radical (unpaired) electrons. The van der Waals surface area contributed by atoms with Crippen molar-refractivity contribution in [3.05, 3.63) is 28.7 Å². The summed E-state index contributed by atoms with van der Waals surface area (Å²) in [6.07, 6.45) is 1.62. The Kier molecular flexibility index (Phi) is 3.47. The van der Waals surface area contributed by atoms with Gasteiger partial charge >= 0.3 is 0 Å². The minimum absolute atomic E-state index is 0.0459. The van der Waals surface area contributed by atoms with E-state index in [0.717, 1.165) is 13.1 Å². The molecule has 0 unspecified atom stereocenters. The molecule has 1 rings (SSSR count). The van der Waals surface area contributed by atoms with Gasteiger partial charge in [0.05, 0.1) is 6.54 Å². The van der Waals surface area contributed by atoms with Crippen molar-refractivity contribution in [2.75, 3.05) is 13.1 Å². The molecule has 4 heteroatoms. The summed E-state index contributed by atoms with van der Waals surface area (Å²) in [7, 11) is 0. The first-order valence-corrected chi connectivity index (χ1v) is 4.07. The largest absolute Gasteiger partial charge is 0.315 e. The Morgan fingerprint density at radius 2 is 2.50 bits per heavy atom. The first kappa shape index (κ1) is 8.93. The van der Waals surface area contributed by atoms with Crippen LogP contribution in [0.2, 0.25) is 0 Å². The van der Waals surface area contributed by atoms with Crippen molar-refractivity contribution < 1.29 is 0 Å². The second-order valence-electron chi connectivity index (χ2n) is 2.44. The van der Waals surface area contributed by atoms with E-state index in [-0.39, 0.29) is 5.56 Å². The van der Waals surface area contributed by atoms with Gasteiger partial charge in [-0.1, -0.05) is 6.92 Å². The van der Waals surface area contributed by atoms with E-state index in [4.69, 9.17) is 0 Å². The molecule has 0 saturated heterocycles. The van der Waals surface area contributed by atoms with Gasteiger partial charge in [0.25, 0.3) is 5.56 Å². The highest BCUT2D eigenvalue weighted by Crippen LogP contribution is 1.74. The summed E-state index contributed by atoms with van der Waals surface area (Å²) >= 11 is 0. The van der Waals surface area contributed by atoms with Crippen LogP contribution in [0.3, 0.4) is 0 Å². The van der Waals surface area contributed by atoms with E-state index in [9.17, 15) is 4.79 Å². The topological polar surface area (TPSA) is 46.9 Å². The third-order valence-electron chi connectivity index (χ3n) is 1.54. The lowest BCUT2D eigenvalue weighted by Crippen LogP contribution is -2.27. The molecule has 0 atom stereocenters. The molecular formula is C8H13N3O. The average molecular weight is 167 g/mol. The number of nitrogens with zero attached hydrogens (tertiary/aromatic N) is 2. The summed E-state index contributed by atoms with van der Waals surface area (Å²) in [5, 5.41) is 7.04. The highest BCUT2D eigenvalue weighted by atomic mass is 16.1. The van der Waals surface area contributed by atoms with E-state index in [2.05, 4.69) is 10.4 Å². The third kappa shape index (κ3) is 2.47. The van der Waals surface area contributed by atoms with Gasteiger partial charge in [0.2, 0.25) is 0 Å². The van der Waals surface area contributed by atoms with Gasteiger partial charge in [0.1, 0.15) is 0 Å². The van der Waals surface area contributed by atoms with E-state index in [1.165, 1.54) is 10.7 Å². The number of rotatable bonds is 4. The van der Waals surface area contributed by atoms with Gasteiger partial charge in [-0.2, -0.15) is 5.10 Å². The van der Waals surface area contributed by atoms with E-state index in [1.54, 1.807) is 12.3 Å². The monoisotopic (exact) mass is 167 g/mol. The van der Waals surface area contributed by atoms with Crippen LogP contribution in [0.5, 0.6) is 0 Å². The molecular weight excluding hydrogens is 154 g/mol. The van der Waals surface area contributed by atoms with Crippen LogP contribution in [-0.4, -0.2) is 22.9 Å². The molecule has 0 aliphatic rings. The average Bonchev–Trinajstić information content (AvgIpc) is 2.09. The maximum atomic E-state index is 11.1. The first-order chi connectivity index (χ1) is 5.84. The highest BCUT2D eigenvalue weighted by molar-refractivity contribution is 4.84. The number of nitrogens with one attached hydrogen (secondary N) is 1. The summed E-state index contributed by atoms with van der Waals surface area (Å²) < 4.78 is 1.45. The molecule has 0 amide bonds. The lowest BCUT2D eigenvalue weighted by Gasteiger charge is -2.02. The van der Waals surface area contributed by atoms with Crippen molar-refractivity contribution in [1.82, 2.24) is 15.1 Å². The smallest absolute Gasteiger partial charge is 0.266 e. The molecule has 4 nitrogen and oxygen atoms in total. The fraction of sp³-hybridized carbons (Fsp3) is 0.500. The zero-order chi connectivity index (χ0) is 8.81. The van der Waals surface area contributed by atoms with Crippen LogP contribution in [0.25, 0.3) is 0 Å². The zero-order valence-corrected chi connectivity index (χ0v) is 7.16. The van der Waals surface area contributed by atoms with Crippen LogP contribution in [0.1, 0.15) is 6.92 Å². The standard InChI is InChI=1S/C8H13N3O/c1-2-9-6-7-11-8(12)4-3-5-10-11/h3-5,9H,2,6-7H2,1H3. The van der Waals surface area contributed by atoms with Crippen molar-refractivity contribution in [3.8, 4) is 0 Å². The lowest BCUT2D eigenvalue weighted by molar-refractivity contribution is 0.540. The zero-order valence-electron chi connectivity index (χ0n) is 7.16. The van der Waals surface area contributed by atoms with Crippen molar-refractivity contribution in [2.24, 2.45) is 0 Å².